The number of nitrogens with one attached hydrogen (secondary N) is 1. The van der Waals surface area contributed by atoms with E-state index < -0.39 is 0 Å². The van der Waals surface area contributed by atoms with Crippen LogP contribution in [0.3, 0.4) is 0 Å². The molecule has 2 atom stereocenters. The number of hydrogen-bond donors (Lipinski definition) is 1. The van der Waals surface area contributed by atoms with Gasteiger partial charge in [-0.05, 0) is 34.1 Å². The molecular weight excluding hydrogens is 240 g/mol. The molecule has 2 unspecified atom stereocenters. The van der Waals surface area contributed by atoms with E-state index in [1.54, 1.807) is 14.2 Å². The quantitative estimate of drug-likeness (QED) is 0.626. The summed E-state index contributed by atoms with van der Waals surface area (Å²) in [5, 5.41) is 3.64. The third kappa shape index (κ3) is 7.88. The predicted molar refractivity (Wildman–Crippen MR) is 81.8 cm³/mol. The molecule has 0 aromatic rings. The first-order valence-corrected chi connectivity index (χ1v) is 7.36. The summed E-state index contributed by atoms with van der Waals surface area (Å²) in [6.07, 6.45) is 1.13. The molecule has 0 amide bonds. The molecule has 0 aromatic heterocycles. The van der Waals surface area contributed by atoms with Gasteiger partial charge in [0.05, 0.1) is 13.2 Å². The topological polar surface area (TPSA) is 33.7 Å². The lowest BCUT2D eigenvalue weighted by molar-refractivity contribution is 0.0497. The molecule has 0 saturated heterocycles. The third-order valence-corrected chi connectivity index (χ3v) is 3.85. The van der Waals surface area contributed by atoms with Crippen LogP contribution in [0.15, 0.2) is 0 Å². The molecule has 0 heterocycles. The molecule has 0 aliphatic rings. The van der Waals surface area contributed by atoms with Gasteiger partial charge in [0.15, 0.2) is 0 Å². The van der Waals surface area contributed by atoms with Gasteiger partial charge in [0, 0.05) is 44.9 Å². The van der Waals surface area contributed by atoms with Gasteiger partial charge in [0.1, 0.15) is 0 Å². The SMILES string of the molecule is CCC(C)(C)NCC(C)N(CCOC)C(C)COC. The smallest absolute Gasteiger partial charge is 0.0615 e. The first-order valence-electron chi connectivity index (χ1n) is 7.36. The summed E-state index contributed by atoms with van der Waals surface area (Å²) in [5.41, 5.74) is 0.200. The van der Waals surface area contributed by atoms with E-state index in [0.717, 1.165) is 32.7 Å². The van der Waals surface area contributed by atoms with Crippen molar-refractivity contribution in [2.24, 2.45) is 0 Å². The van der Waals surface area contributed by atoms with Gasteiger partial charge < -0.3 is 14.8 Å². The highest BCUT2D eigenvalue weighted by molar-refractivity contribution is 4.81. The van der Waals surface area contributed by atoms with Gasteiger partial charge in [-0.3, -0.25) is 4.90 Å². The second-order valence-electron chi connectivity index (χ2n) is 6.00. The second kappa shape index (κ2) is 9.70. The molecule has 0 saturated carbocycles. The van der Waals surface area contributed by atoms with E-state index in [1.807, 2.05) is 0 Å². The molecular formula is C15H34N2O2. The lowest BCUT2D eigenvalue weighted by Gasteiger charge is -2.36. The molecule has 0 aromatic carbocycles. The van der Waals surface area contributed by atoms with E-state index in [2.05, 4.69) is 44.8 Å². The Morgan fingerprint density at radius 3 is 2.21 bits per heavy atom. The van der Waals surface area contributed by atoms with Gasteiger partial charge >= 0.3 is 0 Å². The zero-order valence-electron chi connectivity index (χ0n) is 14.0. The van der Waals surface area contributed by atoms with Gasteiger partial charge in [-0.15, -0.1) is 0 Å². The van der Waals surface area contributed by atoms with Crippen molar-refractivity contribution in [1.29, 1.82) is 0 Å². The van der Waals surface area contributed by atoms with Crippen molar-refractivity contribution in [3.8, 4) is 0 Å². The average molecular weight is 274 g/mol. The Labute approximate surface area is 119 Å². The van der Waals surface area contributed by atoms with Crippen LogP contribution in [0, 0.1) is 0 Å². The fourth-order valence-corrected chi connectivity index (χ4v) is 2.08. The Hall–Kier alpha value is -0.160. The number of rotatable bonds is 11. The maximum Gasteiger partial charge on any atom is 0.0615 e. The predicted octanol–water partition coefficient (Wildman–Crippen LogP) is 2.14. The van der Waals surface area contributed by atoms with Crippen LogP contribution in [0.2, 0.25) is 0 Å². The number of nitrogens with zero attached hydrogens (tertiary/aromatic N) is 1. The van der Waals surface area contributed by atoms with Crippen molar-refractivity contribution in [2.45, 2.75) is 58.7 Å². The van der Waals surface area contributed by atoms with E-state index >= 15 is 0 Å². The van der Waals surface area contributed by atoms with Gasteiger partial charge in [0.25, 0.3) is 0 Å². The fraction of sp³-hybridized carbons (Fsp3) is 1.00. The molecule has 116 valence electrons. The summed E-state index contributed by atoms with van der Waals surface area (Å²) >= 11 is 0. The zero-order chi connectivity index (χ0) is 14.9. The average Bonchev–Trinajstić information content (AvgIpc) is 2.37. The second-order valence-corrected chi connectivity index (χ2v) is 6.00. The molecule has 19 heavy (non-hydrogen) atoms. The number of ether oxygens (including phenoxy) is 2. The maximum atomic E-state index is 5.28. The van der Waals surface area contributed by atoms with E-state index in [9.17, 15) is 0 Å². The van der Waals surface area contributed by atoms with Crippen molar-refractivity contribution in [2.75, 3.05) is 40.5 Å². The zero-order valence-corrected chi connectivity index (χ0v) is 14.0. The monoisotopic (exact) mass is 274 g/mol. The summed E-state index contributed by atoms with van der Waals surface area (Å²) in [4.78, 5) is 2.45. The maximum absolute atomic E-state index is 5.28. The summed E-state index contributed by atoms with van der Waals surface area (Å²) in [7, 11) is 3.51. The molecule has 0 fully saturated rings. The molecule has 1 N–H and O–H groups in total. The molecule has 0 rings (SSSR count). The van der Waals surface area contributed by atoms with Gasteiger partial charge in [-0.25, -0.2) is 0 Å². The minimum atomic E-state index is 0.200. The lowest BCUT2D eigenvalue weighted by Crippen LogP contribution is -2.51. The standard InChI is InChI=1S/C15H34N2O2/c1-8-15(4,5)16-11-13(2)17(9-10-18-6)14(3)12-19-7/h13-14,16H,8-12H2,1-7H3. The van der Waals surface area contributed by atoms with Crippen LogP contribution in [0.5, 0.6) is 0 Å². The Bertz CT molecular complexity index is 222. The van der Waals surface area contributed by atoms with E-state index in [4.69, 9.17) is 9.47 Å². The molecule has 0 spiro atoms. The van der Waals surface area contributed by atoms with Gasteiger partial charge in [0.2, 0.25) is 0 Å². The summed E-state index contributed by atoms with van der Waals surface area (Å²) in [6, 6.07) is 0.868. The molecule has 4 heteroatoms. The van der Waals surface area contributed by atoms with Crippen molar-refractivity contribution in [1.82, 2.24) is 10.2 Å². The Kier molecular flexibility index (Phi) is 9.62. The van der Waals surface area contributed by atoms with Crippen LogP contribution in [0.1, 0.15) is 41.0 Å². The van der Waals surface area contributed by atoms with E-state index in [-0.39, 0.29) is 5.54 Å². The van der Waals surface area contributed by atoms with Crippen molar-refractivity contribution in [3.05, 3.63) is 0 Å². The number of hydrogen-bond acceptors (Lipinski definition) is 4. The van der Waals surface area contributed by atoms with Gasteiger partial charge in [-0.2, -0.15) is 0 Å². The van der Waals surface area contributed by atoms with Crippen molar-refractivity contribution >= 4 is 0 Å². The first kappa shape index (κ1) is 18.8. The van der Waals surface area contributed by atoms with Crippen LogP contribution in [-0.4, -0.2) is 63.0 Å². The molecule has 0 bridgehead atoms. The molecule has 0 radical (unpaired) electrons. The van der Waals surface area contributed by atoms with Crippen LogP contribution >= 0.6 is 0 Å². The van der Waals surface area contributed by atoms with E-state index in [0.29, 0.717) is 12.1 Å². The third-order valence-electron chi connectivity index (χ3n) is 3.85. The van der Waals surface area contributed by atoms with Gasteiger partial charge in [-0.1, -0.05) is 6.92 Å². The highest BCUT2D eigenvalue weighted by Crippen LogP contribution is 2.10. The molecule has 4 nitrogen and oxygen atoms in total. The minimum absolute atomic E-state index is 0.200. The van der Waals surface area contributed by atoms with Crippen LogP contribution < -0.4 is 5.32 Å². The normalized spacial score (nSPS) is 15.8. The molecule has 0 aliphatic heterocycles. The minimum Gasteiger partial charge on any atom is -0.383 e. The fourth-order valence-electron chi connectivity index (χ4n) is 2.08. The van der Waals surface area contributed by atoms with Crippen LogP contribution in [0.25, 0.3) is 0 Å². The molecule has 0 aliphatic carbocycles. The van der Waals surface area contributed by atoms with Crippen LogP contribution in [0.4, 0.5) is 0 Å². The highest BCUT2D eigenvalue weighted by Gasteiger charge is 2.22. The van der Waals surface area contributed by atoms with Crippen molar-refractivity contribution in [3.63, 3.8) is 0 Å². The Morgan fingerprint density at radius 2 is 1.74 bits per heavy atom. The Morgan fingerprint density at radius 1 is 1.11 bits per heavy atom. The Balaban J connectivity index is 4.40. The summed E-state index contributed by atoms with van der Waals surface area (Å²) in [6.45, 7) is 14.6. The summed E-state index contributed by atoms with van der Waals surface area (Å²) in [5.74, 6) is 0. The van der Waals surface area contributed by atoms with Crippen LogP contribution in [-0.2, 0) is 9.47 Å². The summed E-state index contributed by atoms with van der Waals surface area (Å²) < 4.78 is 10.5. The highest BCUT2D eigenvalue weighted by atomic mass is 16.5. The first-order chi connectivity index (χ1) is 8.87. The lowest BCUT2D eigenvalue weighted by atomic mass is 10.0. The number of methoxy groups -OCH3 is 2. The van der Waals surface area contributed by atoms with E-state index in [1.165, 1.54) is 0 Å². The van der Waals surface area contributed by atoms with Crippen molar-refractivity contribution < 1.29 is 9.47 Å². The largest absolute Gasteiger partial charge is 0.383 e.